The monoisotopic (exact) mass is 410 g/mol. The second-order valence-corrected chi connectivity index (χ2v) is 7.89. The van der Waals surface area contributed by atoms with Crippen molar-refractivity contribution in [2.45, 2.75) is 37.4 Å². The summed E-state index contributed by atoms with van der Waals surface area (Å²) < 4.78 is 68.8. The SMILES string of the molecule is COC(=O)C(CC(C)C)NC(=O)CNS(=O)(=O)c1cccc(C(F)(F)F)c1. The Bertz CT molecular complexity index is 779. The maximum atomic E-state index is 12.7. The van der Waals surface area contributed by atoms with Crippen LogP contribution in [0.3, 0.4) is 0 Å². The number of halogens is 3. The number of amides is 1. The summed E-state index contributed by atoms with van der Waals surface area (Å²) in [4.78, 5) is 23.0. The lowest BCUT2D eigenvalue weighted by Gasteiger charge is -2.18. The Kier molecular flexibility index (Phi) is 7.78. The number of hydrogen-bond acceptors (Lipinski definition) is 5. The first-order valence-corrected chi connectivity index (χ1v) is 9.39. The number of rotatable bonds is 8. The van der Waals surface area contributed by atoms with Gasteiger partial charge in [0.1, 0.15) is 6.04 Å². The van der Waals surface area contributed by atoms with E-state index in [2.05, 4.69) is 10.1 Å². The van der Waals surface area contributed by atoms with Crippen LogP contribution in [-0.2, 0) is 30.5 Å². The number of benzene rings is 1. The molecule has 0 fully saturated rings. The average Bonchev–Trinajstić information content (AvgIpc) is 2.57. The number of hydrogen-bond donors (Lipinski definition) is 2. The first-order chi connectivity index (χ1) is 12.4. The molecular formula is C16H21F3N2O5S. The molecule has 1 aromatic rings. The van der Waals surface area contributed by atoms with Gasteiger partial charge in [-0.1, -0.05) is 19.9 Å². The van der Waals surface area contributed by atoms with E-state index < -0.39 is 51.1 Å². The van der Waals surface area contributed by atoms with E-state index in [0.29, 0.717) is 6.07 Å². The lowest BCUT2D eigenvalue weighted by atomic mass is 10.0. The maximum absolute atomic E-state index is 12.7. The Morgan fingerprint density at radius 1 is 1.22 bits per heavy atom. The second kappa shape index (κ2) is 9.18. The third-order valence-electron chi connectivity index (χ3n) is 3.42. The van der Waals surface area contributed by atoms with Crippen molar-refractivity contribution < 1.29 is 35.9 Å². The van der Waals surface area contributed by atoms with Gasteiger partial charge in [0.15, 0.2) is 0 Å². The van der Waals surface area contributed by atoms with E-state index in [1.165, 1.54) is 0 Å². The molecule has 0 saturated carbocycles. The first-order valence-electron chi connectivity index (χ1n) is 7.91. The normalized spacial score (nSPS) is 13.3. The Balaban J connectivity index is 2.81. The lowest BCUT2D eigenvalue weighted by Crippen LogP contribution is -2.46. The van der Waals surface area contributed by atoms with Crippen LogP contribution in [0.25, 0.3) is 0 Å². The van der Waals surface area contributed by atoms with Gasteiger partial charge in [0.25, 0.3) is 0 Å². The van der Waals surface area contributed by atoms with E-state index in [1.54, 1.807) is 0 Å². The van der Waals surface area contributed by atoms with Crippen LogP contribution >= 0.6 is 0 Å². The van der Waals surface area contributed by atoms with Gasteiger partial charge in [-0.3, -0.25) is 4.79 Å². The molecule has 0 saturated heterocycles. The minimum Gasteiger partial charge on any atom is -0.467 e. The summed E-state index contributed by atoms with van der Waals surface area (Å²) in [7, 11) is -3.20. The average molecular weight is 410 g/mol. The molecule has 1 aromatic carbocycles. The van der Waals surface area contributed by atoms with E-state index in [9.17, 15) is 31.2 Å². The summed E-state index contributed by atoms with van der Waals surface area (Å²) in [5.41, 5.74) is -1.13. The predicted molar refractivity (Wildman–Crippen MR) is 90.0 cm³/mol. The first kappa shape index (κ1) is 22.9. The van der Waals surface area contributed by atoms with Crippen molar-refractivity contribution in [3.8, 4) is 0 Å². The highest BCUT2D eigenvalue weighted by Gasteiger charge is 2.32. The molecule has 0 aliphatic carbocycles. The number of ether oxygens (including phenoxy) is 1. The molecule has 0 aromatic heterocycles. The number of esters is 1. The maximum Gasteiger partial charge on any atom is 0.416 e. The molecule has 0 spiro atoms. The summed E-state index contributed by atoms with van der Waals surface area (Å²) in [6.45, 7) is 2.89. The fourth-order valence-corrected chi connectivity index (χ4v) is 3.18. The number of nitrogens with one attached hydrogen (secondary N) is 2. The summed E-state index contributed by atoms with van der Waals surface area (Å²) in [5, 5.41) is 2.34. The van der Waals surface area contributed by atoms with Crippen LogP contribution in [-0.4, -0.2) is 40.0 Å². The van der Waals surface area contributed by atoms with E-state index in [4.69, 9.17) is 0 Å². The Hall–Kier alpha value is -2.14. The quantitative estimate of drug-likeness (QED) is 0.635. The number of carbonyl (C=O) groups is 2. The molecule has 1 atom stereocenters. The standard InChI is InChI=1S/C16H21F3N2O5S/c1-10(2)7-13(15(23)26-3)21-14(22)9-20-27(24,25)12-6-4-5-11(8-12)16(17,18)19/h4-6,8,10,13,20H,7,9H2,1-3H3,(H,21,22). The molecule has 0 aliphatic rings. The lowest BCUT2D eigenvalue weighted by molar-refractivity contribution is -0.145. The third kappa shape index (κ3) is 7.18. The molecule has 1 amide bonds. The van der Waals surface area contributed by atoms with Crippen molar-refractivity contribution in [2.75, 3.05) is 13.7 Å². The second-order valence-electron chi connectivity index (χ2n) is 6.12. The fraction of sp³-hybridized carbons (Fsp3) is 0.500. The highest BCUT2D eigenvalue weighted by molar-refractivity contribution is 7.89. The van der Waals surface area contributed by atoms with Gasteiger partial charge in [-0.05, 0) is 30.5 Å². The third-order valence-corrected chi connectivity index (χ3v) is 4.82. The van der Waals surface area contributed by atoms with Crippen molar-refractivity contribution in [1.82, 2.24) is 10.0 Å². The summed E-state index contributed by atoms with van der Waals surface area (Å²) in [6.07, 6.45) is -4.42. The fourth-order valence-electron chi connectivity index (χ4n) is 2.16. The molecule has 152 valence electrons. The number of alkyl halides is 3. The summed E-state index contributed by atoms with van der Waals surface area (Å²) in [5.74, 6) is -1.45. The topological polar surface area (TPSA) is 102 Å². The van der Waals surface area contributed by atoms with Crippen molar-refractivity contribution in [1.29, 1.82) is 0 Å². The summed E-state index contributed by atoms with van der Waals surface area (Å²) >= 11 is 0. The zero-order valence-electron chi connectivity index (χ0n) is 15.0. The Morgan fingerprint density at radius 2 is 1.85 bits per heavy atom. The van der Waals surface area contributed by atoms with Crippen LogP contribution in [0.1, 0.15) is 25.8 Å². The van der Waals surface area contributed by atoms with Gasteiger partial charge >= 0.3 is 12.1 Å². The van der Waals surface area contributed by atoms with Crippen LogP contribution in [0.2, 0.25) is 0 Å². The van der Waals surface area contributed by atoms with Gasteiger partial charge < -0.3 is 10.1 Å². The van der Waals surface area contributed by atoms with E-state index in [-0.39, 0.29) is 12.3 Å². The minimum atomic E-state index is -4.70. The molecule has 0 heterocycles. The predicted octanol–water partition coefficient (Wildman–Crippen LogP) is 1.69. The van der Waals surface area contributed by atoms with Gasteiger partial charge in [-0.25, -0.2) is 17.9 Å². The number of sulfonamides is 1. The van der Waals surface area contributed by atoms with Crippen LogP contribution in [0.15, 0.2) is 29.2 Å². The molecule has 7 nitrogen and oxygen atoms in total. The van der Waals surface area contributed by atoms with Gasteiger partial charge in [-0.15, -0.1) is 0 Å². The minimum absolute atomic E-state index is 0.0520. The molecule has 0 bridgehead atoms. The van der Waals surface area contributed by atoms with E-state index in [0.717, 1.165) is 25.3 Å². The molecule has 0 radical (unpaired) electrons. The summed E-state index contributed by atoms with van der Waals surface area (Å²) in [6, 6.07) is 2.17. The molecule has 2 N–H and O–H groups in total. The van der Waals surface area contributed by atoms with Crippen LogP contribution in [0.4, 0.5) is 13.2 Å². The van der Waals surface area contributed by atoms with Crippen molar-refractivity contribution in [3.63, 3.8) is 0 Å². The van der Waals surface area contributed by atoms with Crippen molar-refractivity contribution >= 4 is 21.9 Å². The zero-order chi connectivity index (χ0) is 20.8. The van der Waals surface area contributed by atoms with Crippen molar-refractivity contribution in [2.24, 2.45) is 5.92 Å². The van der Waals surface area contributed by atoms with Crippen molar-refractivity contribution in [3.05, 3.63) is 29.8 Å². The van der Waals surface area contributed by atoms with E-state index >= 15 is 0 Å². The molecule has 11 heteroatoms. The highest BCUT2D eigenvalue weighted by Crippen LogP contribution is 2.30. The zero-order valence-corrected chi connectivity index (χ0v) is 15.8. The Morgan fingerprint density at radius 3 is 2.37 bits per heavy atom. The van der Waals surface area contributed by atoms with Gasteiger partial charge in [-0.2, -0.15) is 13.2 Å². The Labute approximate surface area is 155 Å². The smallest absolute Gasteiger partial charge is 0.416 e. The van der Waals surface area contributed by atoms with E-state index in [1.807, 2.05) is 18.6 Å². The number of carbonyl (C=O) groups excluding carboxylic acids is 2. The molecule has 0 aliphatic heterocycles. The molecule has 1 rings (SSSR count). The van der Waals surface area contributed by atoms with Gasteiger partial charge in [0.2, 0.25) is 15.9 Å². The van der Waals surface area contributed by atoms with Crippen LogP contribution in [0.5, 0.6) is 0 Å². The largest absolute Gasteiger partial charge is 0.467 e. The molecule has 1 unspecified atom stereocenters. The number of methoxy groups -OCH3 is 1. The van der Waals surface area contributed by atoms with Crippen LogP contribution in [0, 0.1) is 5.92 Å². The molecular weight excluding hydrogens is 389 g/mol. The van der Waals surface area contributed by atoms with Gasteiger partial charge in [0, 0.05) is 0 Å². The van der Waals surface area contributed by atoms with Gasteiger partial charge in [0.05, 0.1) is 24.1 Å². The molecule has 27 heavy (non-hydrogen) atoms. The van der Waals surface area contributed by atoms with Crippen LogP contribution < -0.4 is 10.0 Å². The highest BCUT2D eigenvalue weighted by atomic mass is 32.2.